The summed E-state index contributed by atoms with van der Waals surface area (Å²) in [7, 11) is 0. The van der Waals surface area contributed by atoms with E-state index in [9.17, 15) is 9.18 Å². The van der Waals surface area contributed by atoms with E-state index in [4.69, 9.17) is 0 Å². The Kier molecular flexibility index (Phi) is 3.05. The number of halogens is 1. The SMILES string of the molecule is Cc1sc2nc(-c3cn[nH]n3)[nH]c(=O)c2c1-c1ccc(F)cc1. The number of benzene rings is 1. The van der Waals surface area contributed by atoms with Crippen molar-refractivity contribution in [2.75, 3.05) is 0 Å². The summed E-state index contributed by atoms with van der Waals surface area (Å²) in [5, 5.41) is 10.6. The van der Waals surface area contributed by atoms with Gasteiger partial charge in [-0.1, -0.05) is 12.1 Å². The van der Waals surface area contributed by atoms with Crippen LogP contribution in [0.3, 0.4) is 0 Å². The Balaban J connectivity index is 1.98. The standard InChI is InChI=1S/C15H10FN5OS/c1-7-11(8-2-4-9(16)5-3-8)12-14(22)18-13(19-15(12)23-7)10-6-17-21-20-10/h2-6H,1H3,(H,17,20,21)(H,18,19,22). The highest BCUT2D eigenvalue weighted by atomic mass is 32.1. The van der Waals surface area contributed by atoms with E-state index in [1.807, 2.05) is 6.92 Å². The molecule has 0 unspecified atom stereocenters. The number of aryl methyl sites for hydroxylation is 1. The number of thiophene rings is 1. The van der Waals surface area contributed by atoms with E-state index in [0.717, 1.165) is 16.0 Å². The van der Waals surface area contributed by atoms with Crippen molar-refractivity contribution in [3.63, 3.8) is 0 Å². The van der Waals surface area contributed by atoms with Crippen LogP contribution in [0.4, 0.5) is 4.39 Å². The van der Waals surface area contributed by atoms with Gasteiger partial charge in [0.1, 0.15) is 16.3 Å². The molecule has 23 heavy (non-hydrogen) atoms. The van der Waals surface area contributed by atoms with E-state index in [0.29, 0.717) is 21.7 Å². The molecule has 0 aliphatic heterocycles. The third-order valence-electron chi connectivity index (χ3n) is 3.53. The number of hydrogen-bond acceptors (Lipinski definition) is 5. The predicted molar refractivity (Wildman–Crippen MR) is 85.7 cm³/mol. The summed E-state index contributed by atoms with van der Waals surface area (Å²) in [5.74, 6) is 0.0504. The zero-order valence-corrected chi connectivity index (χ0v) is 12.7. The number of H-pyrrole nitrogens is 2. The summed E-state index contributed by atoms with van der Waals surface area (Å²) in [5.41, 5.74) is 1.79. The molecule has 0 amide bonds. The third-order valence-corrected chi connectivity index (χ3v) is 4.53. The van der Waals surface area contributed by atoms with Crippen molar-refractivity contribution in [3.8, 4) is 22.6 Å². The predicted octanol–water partition coefficient (Wildman–Crippen LogP) is 2.88. The van der Waals surface area contributed by atoms with Crippen molar-refractivity contribution in [1.29, 1.82) is 0 Å². The number of hydrogen-bond donors (Lipinski definition) is 2. The number of aromatic nitrogens is 5. The van der Waals surface area contributed by atoms with Gasteiger partial charge in [0.25, 0.3) is 5.56 Å². The molecular weight excluding hydrogens is 317 g/mol. The van der Waals surface area contributed by atoms with Gasteiger partial charge in [-0.25, -0.2) is 9.37 Å². The number of nitrogens with one attached hydrogen (secondary N) is 2. The van der Waals surface area contributed by atoms with Gasteiger partial charge in [0.2, 0.25) is 0 Å². The van der Waals surface area contributed by atoms with Crippen LogP contribution in [0.1, 0.15) is 4.88 Å². The summed E-state index contributed by atoms with van der Waals surface area (Å²) < 4.78 is 13.1. The molecule has 0 saturated heterocycles. The van der Waals surface area contributed by atoms with Crippen molar-refractivity contribution >= 4 is 21.6 Å². The van der Waals surface area contributed by atoms with Crippen LogP contribution in [0.25, 0.3) is 32.9 Å². The number of nitrogens with zero attached hydrogens (tertiary/aromatic N) is 3. The second-order valence-electron chi connectivity index (χ2n) is 4.99. The first-order valence-corrected chi connectivity index (χ1v) is 7.60. The van der Waals surface area contributed by atoms with E-state index < -0.39 is 0 Å². The number of rotatable bonds is 2. The highest BCUT2D eigenvalue weighted by molar-refractivity contribution is 7.19. The Morgan fingerprint density at radius 2 is 2.00 bits per heavy atom. The van der Waals surface area contributed by atoms with Gasteiger partial charge in [-0.3, -0.25) is 4.79 Å². The molecule has 2 N–H and O–H groups in total. The average molecular weight is 327 g/mol. The van der Waals surface area contributed by atoms with Crippen LogP contribution in [0.5, 0.6) is 0 Å². The van der Waals surface area contributed by atoms with Crippen LogP contribution in [0.15, 0.2) is 35.3 Å². The molecule has 0 aliphatic rings. The van der Waals surface area contributed by atoms with Crippen LogP contribution >= 0.6 is 11.3 Å². The van der Waals surface area contributed by atoms with Crippen molar-refractivity contribution < 1.29 is 4.39 Å². The van der Waals surface area contributed by atoms with Crippen molar-refractivity contribution in [2.24, 2.45) is 0 Å². The molecule has 3 heterocycles. The third kappa shape index (κ3) is 2.23. The van der Waals surface area contributed by atoms with Gasteiger partial charge in [-0.05, 0) is 24.6 Å². The Morgan fingerprint density at radius 3 is 2.70 bits per heavy atom. The molecule has 4 aromatic rings. The highest BCUT2D eigenvalue weighted by Gasteiger charge is 2.17. The quantitative estimate of drug-likeness (QED) is 0.592. The van der Waals surface area contributed by atoms with E-state index in [1.165, 1.54) is 29.7 Å². The largest absolute Gasteiger partial charge is 0.304 e. The first-order chi connectivity index (χ1) is 11.1. The molecule has 0 saturated carbocycles. The minimum absolute atomic E-state index is 0.253. The molecule has 1 aromatic carbocycles. The monoisotopic (exact) mass is 327 g/mol. The second kappa shape index (κ2) is 5.10. The van der Waals surface area contributed by atoms with Gasteiger partial charge >= 0.3 is 0 Å². The fraction of sp³-hybridized carbons (Fsp3) is 0.0667. The molecule has 0 atom stereocenters. The summed E-state index contributed by atoms with van der Waals surface area (Å²) in [6.45, 7) is 1.92. The lowest BCUT2D eigenvalue weighted by atomic mass is 10.0. The Hall–Kier alpha value is -2.87. The van der Waals surface area contributed by atoms with Crippen molar-refractivity contribution in [3.05, 3.63) is 51.5 Å². The Labute approximate surface area is 133 Å². The highest BCUT2D eigenvalue weighted by Crippen LogP contribution is 2.35. The minimum Gasteiger partial charge on any atom is -0.304 e. The maximum absolute atomic E-state index is 13.1. The van der Waals surface area contributed by atoms with E-state index >= 15 is 0 Å². The van der Waals surface area contributed by atoms with Crippen LogP contribution in [0, 0.1) is 12.7 Å². The van der Waals surface area contributed by atoms with Crippen molar-refractivity contribution in [2.45, 2.75) is 6.92 Å². The molecule has 0 spiro atoms. The van der Waals surface area contributed by atoms with E-state index in [-0.39, 0.29) is 11.4 Å². The fourth-order valence-electron chi connectivity index (χ4n) is 2.52. The van der Waals surface area contributed by atoms with Gasteiger partial charge < -0.3 is 4.98 Å². The van der Waals surface area contributed by atoms with E-state index in [1.54, 1.807) is 12.1 Å². The smallest absolute Gasteiger partial charge is 0.260 e. The zero-order chi connectivity index (χ0) is 16.0. The lowest BCUT2D eigenvalue weighted by molar-refractivity contribution is 0.628. The lowest BCUT2D eigenvalue weighted by Crippen LogP contribution is -2.09. The van der Waals surface area contributed by atoms with Gasteiger partial charge in [0.05, 0.1) is 11.6 Å². The first-order valence-electron chi connectivity index (χ1n) is 6.79. The second-order valence-corrected chi connectivity index (χ2v) is 6.19. The Bertz CT molecular complexity index is 1050. The van der Waals surface area contributed by atoms with Crippen molar-refractivity contribution in [1.82, 2.24) is 25.4 Å². The van der Waals surface area contributed by atoms with Gasteiger partial charge in [-0.15, -0.1) is 11.3 Å². The lowest BCUT2D eigenvalue weighted by Gasteiger charge is -2.02. The van der Waals surface area contributed by atoms with Crippen LogP contribution in [0.2, 0.25) is 0 Å². The number of aromatic amines is 2. The molecule has 8 heteroatoms. The van der Waals surface area contributed by atoms with Gasteiger partial charge in [0, 0.05) is 10.4 Å². The topological polar surface area (TPSA) is 87.3 Å². The molecule has 3 aromatic heterocycles. The number of fused-ring (bicyclic) bond motifs is 1. The summed E-state index contributed by atoms with van der Waals surface area (Å²) in [6.07, 6.45) is 1.49. The van der Waals surface area contributed by atoms with Crippen LogP contribution < -0.4 is 5.56 Å². The maximum Gasteiger partial charge on any atom is 0.260 e. The summed E-state index contributed by atoms with van der Waals surface area (Å²) in [6, 6.07) is 6.08. The van der Waals surface area contributed by atoms with Gasteiger partial charge in [-0.2, -0.15) is 15.4 Å². The van der Waals surface area contributed by atoms with E-state index in [2.05, 4.69) is 25.4 Å². The molecule has 0 aliphatic carbocycles. The molecule has 0 fully saturated rings. The summed E-state index contributed by atoms with van der Waals surface area (Å²) in [4.78, 5) is 21.3. The average Bonchev–Trinajstić information content (AvgIpc) is 3.15. The molecule has 0 radical (unpaired) electrons. The molecule has 0 bridgehead atoms. The first kappa shape index (κ1) is 13.8. The zero-order valence-electron chi connectivity index (χ0n) is 11.9. The molecular formula is C15H10FN5OS. The Morgan fingerprint density at radius 1 is 1.22 bits per heavy atom. The fourth-order valence-corrected chi connectivity index (χ4v) is 3.57. The van der Waals surface area contributed by atoms with Gasteiger partial charge in [0.15, 0.2) is 5.82 Å². The minimum atomic E-state index is -0.314. The van der Waals surface area contributed by atoms with Crippen LogP contribution in [-0.2, 0) is 0 Å². The van der Waals surface area contributed by atoms with Crippen LogP contribution in [-0.4, -0.2) is 25.4 Å². The summed E-state index contributed by atoms with van der Waals surface area (Å²) >= 11 is 1.42. The molecule has 6 nitrogen and oxygen atoms in total. The molecule has 114 valence electrons. The molecule has 4 rings (SSSR count). The maximum atomic E-state index is 13.1. The normalized spacial score (nSPS) is 11.2.